The summed E-state index contributed by atoms with van der Waals surface area (Å²) in [6, 6.07) is 48.3. The molecule has 0 saturated heterocycles. The minimum absolute atomic E-state index is 0.919. The van der Waals surface area contributed by atoms with E-state index < -0.39 is 0 Å². The monoisotopic (exact) mass is 526 g/mol. The van der Waals surface area contributed by atoms with Crippen LogP contribution >= 0.6 is 11.8 Å². The lowest BCUT2D eigenvalue weighted by Crippen LogP contribution is -1.94. The van der Waals surface area contributed by atoms with Crippen molar-refractivity contribution in [1.29, 1.82) is 0 Å². The molecule has 9 rings (SSSR count). The van der Waals surface area contributed by atoms with Crippen molar-refractivity contribution in [3.8, 4) is 33.4 Å². The molecule has 0 bridgehead atoms. The van der Waals surface area contributed by atoms with Crippen LogP contribution in [0.3, 0.4) is 0 Å². The Morgan fingerprint density at radius 3 is 1.88 bits per heavy atom. The molecule has 1 aliphatic heterocycles. The SMILES string of the molecule is c1ccc2c(c1)Sc1ccc(-c3ccccc3-c3cccc4oc5cc6ccccc6cc5c34)c3cccc-2c13. The first-order valence-corrected chi connectivity index (χ1v) is 14.4. The molecule has 2 heterocycles. The molecule has 1 aliphatic rings. The lowest BCUT2D eigenvalue weighted by molar-refractivity contribution is 0.669. The molecule has 186 valence electrons. The van der Waals surface area contributed by atoms with Gasteiger partial charge in [-0.2, -0.15) is 0 Å². The molecule has 0 amide bonds. The van der Waals surface area contributed by atoms with E-state index in [0.29, 0.717) is 0 Å². The van der Waals surface area contributed by atoms with Crippen molar-refractivity contribution in [3.05, 3.63) is 133 Å². The Morgan fingerprint density at radius 2 is 1.02 bits per heavy atom. The Morgan fingerprint density at radius 1 is 0.375 bits per heavy atom. The molecule has 40 heavy (non-hydrogen) atoms. The number of rotatable bonds is 2. The normalized spacial score (nSPS) is 12.4. The number of hydrogen-bond donors (Lipinski definition) is 0. The van der Waals surface area contributed by atoms with Gasteiger partial charge in [-0.25, -0.2) is 0 Å². The summed E-state index contributed by atoms with van der Waals surface area (Å²) < 4.78 is 6.42. The van der Waals surface area contributed by atoms with Crippen LogP contribution in [0, 0.1) is 0 Å². The molecule has 0 spiro atoms. The van der Waals surface area contributed by atoms with E-state index >= 15 is 0 Å². The van der Waals surface area contributed by atoms with E-state index in [0.717, 1.165) is 16.6 Å². The second-order valence-electron chi connectivity index (χ2n) is 10.5. The first-order chi connectivity index (χ1) is 19.8. The molecule has 0 radical (unpaired) electrons. The minimum Gasteiger partial charge on any atom is -0.456 e. The lowest BCUT2D eigenvalue weighted by Gasteiger charge is -2.22. The highest BCUT2D eigenvalue weighted by molar-refractivity contribution is 7.99. The van der Waals surface area contributed by atoms with Gasteiger partial charge in [0.25, 0.3) is 0 Å². The van der Waals surface area contributed by atoms with Crippen molar-refractivity contribution < 1.29 is 4.42 Å². The third kappa shape index (κ3) is 3.11. The fourth-order valence-corrected chi connectivity index (χ4v) is 7.63. The van der Waals surface area contributed by atoms with Gasteiger partial charge in [0.15, 0.2) is 0 Å². The van der Waals surface area contributed by atoms with Crippen LogP contribution in [-0.4, -0.2) is 0 Å². The van der Waals surface area contributed by atoms with Crippen LogP contribution < -0.4 is 0 Å². The average molecular weight is 527 g/mol. The number of fused-ring (bicyclic) bond motifs is 6. The first-order valence-electron chi connectivity index (χ1n) is 13.6. The van der Waals surface area contributed by atoms with Gasteiger partial charge in [0.1, 0.15) is 11.2 Å². The predicted molar refractivity (Wildman–Crippen MR) is 169 cm³/mol. The lowest BCUT2D eigenvalue weighted by atomic mass is 9.88. The highest BCUT2D eigenvalue weighted by Crippen LogP contribution is 2.50. The van der Waals surface area contributed by atoms with E-state index in [1.54, 1.807) is 0 Å². The topological polar surface area (TPSA) is 13.1 Å². The molecule has 0 atom stereocenters. The van der Waals surface area contributed by atoms with Crippen molar-refractivity contribution in [1.82, 2.24) is 0 Å². The quantitative estimate of drug-likeness (QED) is 0.222. The van der Waals surface area contributed by atoms with E-state index in [9.17, 15) is 0 Å². The van der Waals surface area contributed by atoms with Crippen molar-refractivity contribution in [2.75, 3.05) is 0 Å². The van der Waals surface area contributed by atoms with Crippen molar-refractivity contribution in [2.45, 2.75) is 9.79 Å². The zero-order valence-corrected chi connectivity index (χ0v) is 22.3. The van der Waals surface area contributed by atoms with Crippen LogP contribution in [0.4, 0.5) is 0 Å². The van der Waals surface area contributed by atoms with E-state index in [4.69, 9.17) is 4.42 Å². The smallest absolute Gasteiger partial charge is 0.136 e. The molecular formula is C38H22OS. The Bertz CT molecular complexity index is 2310. The van der Waals surface area contributed by atoms with Gasteiger partial charge >= 0.3 is 0 Å². The second kappa shape index (κ2) is 8.35. The Kier molecular flexibility index (Phi) is 4.61. The van der Waals surface area contributed by atoms with Crippen LogP contribution in [0.15, 0.2) is 148 Å². The van der Waals surface area contributed by atoms with Crippen LogP contribution in [-0.2, 0) is 0 Å². The van der Waals surface area contributed by atoms with Gasteiger partial charge in [0, 0.05) is 25.9 Å². The third-order valence-electron chi connectivity index (χ3n) is 8.27. The van der Waals surface area contributed by atoms with Gasteiger partial charge in [-0.15, -0.1) is 0 Å². The summed E-state index contributed by atoms with van der Waals surface area (Å²) in [5.74, 6) is 0. The minimum atomic E-state index is 0.919. The van der Waals surface area contributed by atoms with Crippen molar-refractivity contribution in [3.63, 3.8) is 0 Å². The summed E-state index contributed by atoms with van der Waals surface area (Å²) in [6.45, 7) is 0. The maximum absolute atomic E-state index is 6.42. The summed E-state index contributed by atoms with van der Waals surface area (Å²) >= 11 is 1.87. The van der Waals surface area contributed by atoms with Crippen LogP contribution in [0.1, 0.15) is 0 Å². The third-order valence-corrected chi connectivity index (χ3v) is 9.41. The molecular weight excluding hydrogens is 504 g/mol. The van der Waals surface area contributed by atoms with Crippen LogP contribution in [0.2, 0.25) is 0 Å². The standard InChI is InChI=1S/C38H22OS/c1-2-10-24-22-34-32(21-23(24)9-1)37-29(16-8-17-33(37)39-34)26-12-4-3-11-25(26)27-19-20-36-38-30(27)14-7-15-31(38)28-13-5-6-18-35(28)40-36/h1-22H. The molecule has 7 aromatic carbocycles. The van der Waals surface area contributed by atoms with Gasteiger partial charge in [-0.1, -0.05) is 115 Å². The first kappa shape index (κ1) is 22.1. The van der Waals surface area contributed by atoms with E-state index in [1.807, 2.05) is 11.8 Å². The number of hydrogen-bond acceptors (Lipinski definition) is 2. The number of benzene rings is 7. The number of furan rings is 1. The average Bonchev–Trinajstić information content (AvgIpc) is 3.38. The largest absolute Gasteiger partial charge is 0.456 e. The second-order valence-corrected chi connectivity index (χ2v) is 11.5. The fraction of sp³-hybridized carbons (Fsp3) is 0. The molecule has 0 saturated carbocycles. The molecule has 0 N–H and O–H groups in total. The van der Waals surface area contributed by atoms with Crippen LogP contribution in [0.5, 0.6) is 0 Å². The van der Waals surface area contributed by atoms with Gasteiger partial charge < -0.3 is 4.42 Å². The maximum Gasteiger partial charge on any atom is 0.136 e. The molecule has 2 heteroatoms. The van der Waals surface area contributed by atoms with E-state index in [1.165, 1.54) is 70.1 Å². The summed E-state index contributed by atoms with van der Waals surface area (Å²) in [7, 11) is 0. The Balaban J connectivity index is 1.33. The highest BCUT2D eigenvalue weighted by Gasteiger charge is 2.22. The van der Waals surface area contributed by atoms with Gasteiger partial charge in [0.2, 0.25) is 0 Å². The molecule has 8 aromatic rings. The van der Waals surface area contributed by atoms with E-state index in [2.05, 4.69) is 133 Å². The summed E-state index contributed by atoms with van der Waals surface area (Å²) in [6.07, 6.45) is 0. The van der Waals surface area contributed by atoms with Crippen molar-refractivity contribution in [2.24, 2.45) is 0 Å². The van der Waals surface area contributed by atoms with Gasteiger partial charge in [-0.3, -0.25) is 0 Å². The molecule has 1 aromatic heterocycles. The van der Waals surface area contributed by atoms with Gasteiger partial charge in [0.05, 0.1) is 0 Å². The van der Waals surface area contributed by atoms with E-state index in [-0.39, 0.29) is 0 Å². The summed E-state index contributed by atoms with van der Waals surface area (Å²) in [5.41, 5.74) is 9.38. The zero-order chi connectivity index (χ0) is 26.2. The molecule has 0 aliphatic carbocycles. The molecule has 0 unspecified atom stereocenters. The predicted octanol–water partition coefficient (Wildman–Crippen LogP) is 11.4. The Hall–Kier alpha value is -4.79. The molecule has 1 nitrogen and oxygen atoms in total. The molecule has 0 fully saturated rings. The Labute approximate surface area is 235 Å². The highest BCUT2D eigenvalue weighted by atomic mass is 32.2. The van der Waals surface area contributed by atoms with Gasteiger partial charge in [-0.05, 0) is 79.9 Å². The van der Waals surface area contributed by atoms with Crippen LogP contribution in [0.25, 0.3) is 76.9 Å². The summed E-state index contributed by atoms with van der Waals surface area (Å²) in [4.78, 5) is 2.64. The summed E-state index contributed by atoms with van der Waals surface area (Å²) in [5, 5.41) is 7.38. The zero-order valence-electron chi connectivity index (χ0n) is 21.5. The fourth-order valence-electron chi connectivity index (χ4n) is 6.50. The van der Waals surface area contributed by atoms with Crippen molar-refractivity contribution >= 4 is 55.2 Å². The maximum atomic E-state index is 6.42.